The van der Waals surface area contributed by atoms with Gasteiger partial charge in [0.15, 0.2) is 0 Å². The summed E-state index contributed by atoms with van der Waals surface area (Å²) in [5.74, 6) is 0. The van der Waals surface area contributed by atoms with E-state index in [0.717, 1.165) is 24.3 Å². The second-order valence-corrected chi connectivity index (χ2v) is 5.87. The molecule has 0 aliphatic heterocycles. The molecule has 23 heavy (non-hydrogen) atoms. The van der Waals surface area contributed by atoms with E-state index in [2.05, 4.69) is 84.6 Å². The second kappa shape index (κ2) is 7.01. The van der Waals surface area contributed by atoms with Gasteiger partial charge in [0.05, 0.1) is 0 Å². The first-order valence-corrected chi connectivity index (χ1v) is 7.91. The first-order chi connectivity index (χ1) is 11.2. The quantitative estimate of drug-likeness (QED) is 0.687. The molecular weight excluding hydrogens is 280 g/mol. The zero-order valence-electron chi connectivity index (χ0n) is 13.4. The van der Waals surface area contributed by atoms with Gasteiger partial charge in [-0.05, 0) is 41.8 Å². The monoisotopic (exact) mass is 302 g/mol. The average Bonchev–Trinajstić information content (AvgIpc) is 2.59. The highest BCUT2D eigenvalue weighted by Crippen LogP contribution is 2.24. The van der Waals surface area contributed by atoms with Crippen molar-refractivity contribution in [2.45, 2.75) is 20.0 Å². The molecule has 3 rings (SSSR count). The molecule has 0 saturated carbocycles. The number of rotatable bonds is 5. The Kier molecular flexibility index (Phi) is 4.62. The number of nitrogen functional groups attached to an aromatic ring is 1. The van der Waals surface area contributed by atoms with Crippen LogP contribution in [-0.2, 0) is 13.1 Å². The molecule has 2 heteroatoms. The van der Waals surface area contributed by atoms with E-state index in [-0.39, 0.29) is 0 Å². The lowest BCUT2D eigenvalue weighted by Crippen LogP contribution is -2.22. The first-order valence-electron chi connectivity index (χ1n) is 7.91. The van der Waals surface area contributed by atoms with Crippen molar-refractivity contribution in [1.29, 1.82) is 0 Å². The van der Waals surface area contributed by atoms with Crippen LogP contribution < -0.4 is 10.6 Å². The zero-order chi connectivity index (χ0) is 16.1. The lowest BCUT2D eigenvalue weighted by atomic mass is 10.1. The van der Waals surface area contributed by atoms with Crippen LogP contribution in [0.15, 0.2) is 78.9 Å². The number of hydrogen-bond acceptors (Lipinski definition) is 2. The molecule has 0 radical (unpaired) electrons. The minimum absolute atomic E-state index is 0.841. The van der Waals surface area contributed by atoms with Gasteiger partial charge in [-0.1, -0.05) is 60.7 Å². The summed E-state index contributed by atoms with van der Waals surface area (Å²) in [5, 5.41) is 0. The van der Waals surface area contributed by atoms with Crippen molar-refractivity contribution in [2.24, 2.45) is 0 Å². The zero-order valence-corrected chi connectivity index (χ0v) is 13.4. The van der Waals surface area contributed by atoms with Crippen LogP contribution in [0.3, 0.4) is 0 Å². The Hall–Kier alpha value is -2.74. The van der Waals surface area contributed by atoms with Crippen LogP contribution in [0.1, 0.15) is 16.7 Å². The highest BCUT2D eigenvalue weighted by atomic mass is 15.1. The topological polar surface area (TPSA) is 29.3 Å². The standard InChI is InChI=1S/C21H22N2/c1-17-14-20(12-13-21(17)22)23(15-18-8-4-2-5-9-18)16-19-10-6-3-7-11-19/h2-14H,15-16,22H2,1H3. The Morgan fingerprint density at radius 1 is 0.739 bits per heavy atom. The van der Waals surface area contributed by atoms with E-state index >= 15 is 0 Å². The van der Waals surface area contributed by atoms with E-state index in [9.17, 15) is 0 Å². The molecular formula is C21H22N2. The number of benzene rings is 3. The smallest absolute Gasteiger partial charge is 0.0433 e. The average molecular weight is 302 g/mol. The summed E-state index contributed by atoms with van der Waals surface area (Å²) in [6, 6.07) is 27.4. The molecule has 0 fully saturated rings. The van der Waals surface area contributed by atoms with Crippen LogP contribution in [0.5, 0.6) is 0 Å². The third kappa shape index (κ3) is 3.92. The van der Waals surface area contributed by atoms with Crippen molar-refractivity contribution in [3.05, 3.63) is 95.6 Å². The van der Waals surface area contributed by atoms with Gasteiger partial charge in [-0.15, -0.1) is 0 Å². The van der Waals surface area contributed by atoms with E-state index in [0.29, 0.717) is 0 Å². The van der Waals surface area contributed by atoms with Gasteiger partial charge in [0.2, 0.25) is 0 Å². The van der Waals surface area contributed by atoms with Gasteiger partial charge >= 0.3 is 0 Å². The molecule has 2 N–H and O–H groups in total. The first kappa shape index (κ1) is 15.2. The van der Waals surface area contributed by atoms with E-state index in [4.69, 9.17) is 5.73 Å². The van der Waals surface area contributed by atoms with Crippen LogP contribution in [0, 0.1) is 6.92 Å². The summed E-state index contributed by atoms with van der Waals surface area (Å²) in [7, 11) is 0. The molecule has 3 aromatic rings. The van der Waals surface area contributed by atoms with Crippen LogP contribution >= 0.6 is 0 Å². The lowest BCUT2D eigenvalue weighted by molar-refractivity contribution is 0.799. The Balaban J connectivity index is 1.90. The van der Waals surface area contributed by atoms with Crippen LogP contribution in [0.4, 0.5) is 11.4 Å². The van der Waals surface area contributed by atoms with Crippen LogP contribution in [-0.4, -0.2) is 0 Å². The third-order valence-corrected chi connectivity index (χ3v) is 4.05. The number of aryl methyl sites for hydroxylation is 1. The summed E-state index contributed by atoms with van der Waals surface area (Å²) in [6.07, 6.45) is 0. The van der Waals surface area contributed by atoms with Gasteiger partial charge in [-0.3, -0.25) is 0 Å². The van der Waals surface area contributed by atoms with Crippen molar-refractivity contribution >= 4 is 11.4 Å². The summed E-state index contributed by atoms with van der Waals surface area (Å²) < 4.78 is 0. The molecule has 0 unspecified atom stereocenters. The molecule has 0 spiro atoms. The van der Waals surface area contributed by atoms with E-state index in [1.807, 2.05) is 6.07 Å². The maximum absolute atomic E-state index is 5.98. The highest BCUT2D eigenvalue weighted by Gasteiger charge is 2.09. The predicted octanol–water partition coefficient (Wildman–Crippen LogP) is 4.78. The molecule has 3 aromatic carbocycles. The molecule has 0 aliphatic carbocycles. The van der Waals surface area contributed by atoms with Crippen molar-refractivity contribution in [3.63, 3.8) is 0 Å². The Labute approximate surface area is 138 Å². The largest absolute Gasteiger partial charge is 0.399 e. The van der Waals surface area contributed by atoms with Gasteiger partial charge in [0.1, 0.15) is 0 Å². The third-order valence-electron chi connectivity index (χ3n) is 4.05. The Bertz CT molecular complexity index is 710. The van der Waals surface area contributed by atoms with Crippen LogP contribution in [0.2, 0.25) is 0 Å². The summed E-state index contributed by atoms with van der Waals surface area (Å²) in [5.41, 5.74) is 11.7. The SMILES string of the molecule is Cc1cc(N(Cc2ccccc2)Cc2ccccc2)ccc1N. The predicted molar refractivity (Wildman–Crippen MR) is 98.4 cm³/mol. The minimum Gasteiger partial charge on any atom is -0.399 e. The van der Waals surface area contributed by atoms with Gasteiger partial charge in [-0.25, -0.2) is 0 Å². The fraction of sp³-hybridized carbons (Fsp3) is 0.143. The van der Waals surface area contributed by atoms with Crippen molar-refractivity contribution in [2.75, 3.05) is 10.6 Å². The number of anilines is 2. The summed E-state index contributed by atoms with van der Waals surface area (Å²) >= 11 is 0. The molecule has 2 nitrogen and oxygen atoms in total. The van der Waals surface area contributed by atoms with Crippen LogP contribution in [0.25, 0.3) is 0 Å². The second-order valence-electron chi connectivity index (χ2n) is 5.87. The fourth-order valence-corrected chi connectivity index (χ4v) is 2.70. The van der Waals surface area contributed by atoms with Crippen molar-refractivity contribution in [1.82, 2.24) is 0 Å². The van der Waals surface area contributed by atoms with Gasteiger partial charge in [0, 0.05) is 24.5 Å². The lowest BCUT2D eigenvalue weighted by Gasteiger charge is -2.26. The molecule has 0 aliphatic rings. The molecule has 0 heterocycles. The molecule has 116 valence electrons. The molecule has 0 bridgehead atoms. The normalized spacial score (nSPS) is 10.5. The van der Waals surface area contributed by atoms with Gasteiger partial charge in [-0.2, -0.15) is 0 Å². The van der Waals surface area contributed by atoms with Crippen molar-refractivity contribution < 1.29 is 0 Å². The molecule has 0 atom stereocenters. The van der Waals surface area contributed by atoms with E-state index < -0.39 is 0 Å². The molecule has 0 saturated heterocycles. The molecule has 0 aromatic heterocycles. The number of nitrogens with two attached hydrogens (primary N) is 1. The highest BCUT2D eigenvalue weighted by molar-refractivity contribution is 5.58. The summed E-state index contributed by atoms with van der Waals surface area (Å²) in [6.45, 7) is 3.81. The van der Waals surface area contributed by atoms with Gasteiger partial charge < -0.3 is 10.6 Å². The molecule has 0 amide bonds. The van der Waals surface area contributed by atoms with E-state index in [1.54, 1.807) is 0 Å². The maximum Gasteiger partial charge on any atom is 0.0433 e. The Morgan fingerprint density at radius 2 is 1.26 bits per heavy atom. The Morgan fingerprint density at radius 3 is 1.74 bits per heavy atom. The maximum atomic E-state index is 5.98. The number of nitrogens with zero attached hydrogens (tertiary/aromatic N) is 1. The fourth-order valence-electron chi connectivity index (χ4n) is 2.70. The van der Waals surface area contributed by atoms with Crippen molar-refractivity contribution in [3.8, 4) is 0 Å². The summed E-state index contributed by atoms with van der Waals surface area (Å²) in [4.78, 5) is 2.39. The van der Waals surface area contributed by atoms with E-state index in [1.165, 1.54) is 16.8 Å². The van der Waals surface area contributed by atoms with Gasteiger partial charge in [0.25, 0.3) is 0 Å². The minimum atomic E-state index is 0.841. The number of hydrogen-bond donors (Lipinski definition) is 1.